The first-order chi connectivity index (χ1) is 8.11. The molecule has 1 fully saturated rings. The van der Waals surface area contributed by atoms with E-state index in [1.54, 1.807) is 13.2 Å². The van der Waals surface area contributed by atoms with E-state index in [9.17, 15) is 5.11 Å². The first kappa shape index (κ1) is 14.9. The van der Waals surface area contributed by atoms with Crippen molar-refractivity contribution in [1.29, 1.82) is 0 Å². The Bertz CT molecular complexity index is 440. The summed E-state index contributed by atoms with van der Waals surface area (Å²) in [5.41, 5.74) is 7.88. The van der Waals surface area contributed by atoms with Gasteiger partial charge in [-0.15, -0.1) is 12.4 Å². The lowest BCUT2D eigenvalue weighted by molar-refractivity contribution is 0.372. The molecule has 4 heteroatoms. The van der Waals surface area contributed by atoms with Crippen LogP contribution in [0, 0.1) is 5.92 Å². The van der Waals surface area contributed by atoms with E-state index < -0.39 is 0 Å². The molecule has 0 aromatic heterocycles. The molecule has 0 aliphatic heterocycles. The normalized spacial score (nSPS) is 16.4. The van der Waals surface area contributed by atoms with Gasteiger partial charge in [0.2, 0.25) is 0 Å². The first-order valence-corrected chi connectivity index (χ1v) is 5.96. The predicted octanol–water partition coefficient (Wildman–Crippen LogP) is 3.27. The highest BCUT2D eigenvalue weighted by molar-refractivity contribution is 5.85. The standard InChI is InChI=1S/C14H19NO2.ClH/c1-9(15)12-8-13(16)14(17-2)7-11(12)6-5-10-3-4-10;/h5-10,16H,3-4,15H2,1-2H3;1H/b6-5+;/t9-;/m0./s1. The Morgan fingerprint density at radius 2 is 2.11 bits per heavy atom. The SMILES string of the molecule is COc1cc(/C=C/C2CC2)c([C@H](C)N)cc1O.Cl. The molecule has 2 rings (SSSR count). The number of rotatable bonds is 4. The maximum Gasteiger partial charge on any atom is 0.161 e. The molecule has 1 aliphatic carbocycles. The fraction of sp³-hybridized carbons (Fsp3) is 0.429. The second-order valence-electron chi connectivity index (χ2n) is 4.64. The number of phenols is 1. The summed E-state index contributed by atoms with van der Waals surface area (Å²) in [7, 11) is 1.55. The number of allylic oxidation sites excluding steroid dienone is 1. The summed E-state index contributed by atoms with van der Waals surface area (Å²) < 4.78 is 5.12. The van der Waals surface area contributed by atoms with E-state index in [2.05, 4.69) is 12.2 Å². The maximum absolute atomic E-state index is 9.75. The quantitative estimate of drug-likeness (QED) is 0.882. The van der Waals surface area contributed by atoms with Gasteiger partial charge in [-0.1, -0.05) is 12.2 Å². The molecule has 0 bridgehead atoms. The van der Waals surface area contributed by atoms with E-state index in [0.29, 0.717) is 5.75 Å². The molecule has 1 aromatic rings. The molecule has 0 amide bonds. The molecule has 1 saturated carbocycles. The van der Waals surface area contributed by atoms with Crippen LogP contribution in [0.4, 0.5) is 0 Å². The van der Waals surface area contributed by atoms with Crippen LogP contribution in [0.25, 0.3) is 6.08 Å². The predicted molar refractivity (Wildman–Crippen MR) is 76.3 cm³/mol. The smallest absolute Gasteiger partial charge is 0.161 e. The summed E-state index contributed by atoms with van der Waals surface area (Å²) in [5, 5.41) is 9.75. The lowest BCUT2D eigenvalue weighted by atomic mass is 10.00. The molecule has 18 heavy (non-hydrogen) atoms. The number of phenolic OH excluding ortho intramolecular Hbond substituents is 1. The van der Waals surface area contributed by atoms with E-state index in [-0.39, 0.29) is 24.2 Å². The minimum absolute atomic E-state index is 0. The summed E-state index contributed by atoms with van der Waals surface area (Å²) in [5.74, 6) is 1.35. The van der Waals surface area contributed by atoms with Crippen LogP contribution >= 0.6 is 12.4 Å². The number of nitrogens with two attached hydrogens (primary N) is 1. The van der Waals surface area contributed by atoms with E-state index in [4.69, 9.17) is 10.5 Å². The number of aromatic hydroxyl groups is 1. The molecule has 1 aromatic carbocycles. The van der Waals surface area contributed by atoms with Gasteiger partial charge < -0.3 is 15.6 Å². The summed E-state index contributed by atoms with van der Waals surface area (Å²) in [6, 6.07) is 3.42. The molecule has 1 atom stereocenters. The molecule has 0 spiro atoms. The third-order valence-electron chi connectivity index (χ3n) is 3.05. The Kier molecular flexibility index (Phi) is 5.05. The van der Waals surface area contributed by atoms with Gasteiger partial charge in [-0.2, -0.15) is 0 Å². The highest BCUT2D eigenvalue weighted by atomic mass is 35.5. The number of ether oxygens (including phenoxy) is 1. The lowest BCUT2D eigenvalue weighted by Crippen LogP contribution is -2.07. The first-order valence-electron chi connectivity index (χ1n) is 5.96. The number of halogens is 1. The fourth-order valence-electron chi connectivity index (χ4n) is 1.83. The molecule has 3 N–H and O–H groups in total. The topological polar surface area (TPSA) is 55.5 Å². The minimum atomic E-state index is -0.106. The minimum Gasteiger partial charge on any atom is -0.504 e. The van der Waals surface area contributed by atoms with Gasteiger partial charge in [-0.05, 0) is 48.9 Å². The Hall–Kier alpha value is -1.19. The third-order valence-corrected chi connectivity index (χ3v) is 3.05. The maximum atomic E-state index is 9.75. The zero-order valence-electron chi connectivity index (χ0n) is 10.7. The average molecular weight is 270 g/mol. The van der Waals surface area contributed by atoms with Gasteiger partial charge >= 0.3 is 0 Å². The molecular weight excluding hydrogens is 250 g/mol. The Balaban J connectivity index is 0.00000162. The Labute approximate surface area is 114 Å². The highest BCUT2D eigenvalue weighted by Crippen LogP contribution is 2.35. The molecule has 1 aliphatic rings. The molecule has 0 unspecified atom stereocenters. The molecule has 0 saturated heterocycles. The molecule has 100 valence electrons. The summed E-state index contributed by atoms with van der Waals surface area (Å²) in [4.78, 5) is 0. The second-order valence-corrected chi connectivity index (χ2v) is 4.64. The van der Waals surface area contributed by atoms with Crippen molar-refractivity contribution in [1.82, 2.24) is 0 Å². The van der Waals surface area contributed by atoms with Crippen molar-refractivity contribution >= 4 is 18.5 Å². The van der Waals surface area contributed by atoms with Crippen LogP contribution in [0.3, 0.4) is 0 Å². The van der Waals surface area contributed by atoms with Gasteiger partial charge in [-0.3, -0.25) is 0 Å². The third kappa shape index (κ3) is 3.40. The molecule has 3 nitrogen and oxygen atoms in total. The monoisotopic (exact) mass is 269 g/mol. The van der Waals surface area contributed by atoms with Gasteiger partial charge in [0.05, 0.1) is 7.11 Å². The van der Waals surface area contributed by atoms with Crippen molar-refractivity contribution < 1.29 is 9.84 Å². The van der Waals surface area contributed by atoms with Gasteiger partial charge in [0, 0.05) is 6.04 Å². The van der Waals surface area contributed by atoms with Crippen molar-refractivity contribution in [3.8, 4) is 11.5 Å². The Morgan fingerprint density at radius 1 is 1.44 bits per heavy atom. The second kappa shape index (κ2) is 6.12. The van der Waals surface area contributed by atoms with Gasteiger partial charge in [0.25, 0.3) is 0 Å². The fourth-order valence-corrected chi connectivity index (χ4v) is 1.83. The van der Waals surface area contributed by atoms with Gasteiger partial charge in [-0.25, -0.2) is 0 Å². The Morgan fingerprint density at radius 3 is 2.61 bits per heavy atom. The van der Waals surface area contributed by atoms with Gasteiger partial charge in [0.1, 0.15) is 0 Å². The lowest BCUT2D eigenvalue weighted by Gasteiger charge is -2.13. The van der Waals surface area contributed by atoms with E-state index >= 15 is 0 Å². The average Bonchev–Trinajstić information content (AvgIpc) is 3.10. The van der Waals surface area contributed by atoms with Crippen LogP contribution in [0.2, 0.25) is 0 Å². The van der Waals surface area contributed by atoms with E-state index in [0.717, 1.165) is 17.0 Å². The van der Waals surface area contributed by atoms with Crippen LogP contribution in [-0.4, -0.2) is 12.2 Å². The molecule has 0 heterocycles. The number of hydrogen-bond acceptors (Lipinski definition) is 3. The zero-order chi connectivity index (χ0) is 12.4. The van der Waals surface area contributed by atoms with Crippen LogP contribution < -0.4 is 10.5 Å². The van der Waals surface area contributed by atoms with Gasteiger partial charge in [0.15, 0.2) is 11.5 Å². The summed E-state index contributed by atoms with van der Waals surface area (Å²) >= 11 is 0. The molecular formula is C14H20ClNO2. The molecule has 0 radical (unpaired) electrons. The highest BCUT2D eigenvalue weighted by Gasteiger charge is 2.18. The number of hydrogen-bond donors (Lipinski definition) is 2. The number of methoxy groups -OCH3 is 1. The summed E-state index contributed by atoms with van der Waals surface area (Å²) in [6.07, 6.45) is 6.84. The van der Waals surface area contributed by atoms with Crippen LogP contribution in [0.1, 0.15) is 36.9 Å². The van der Waals surface area contributed by atoms with E-state index in [1.165, 1.54) is 12.8 Å². The van der Waals surface area contributed by atoms with E-state index in [1.807, 2.05) is 13.0 Å². The zero-order valence-corrected chi connectivity index (χ0v) is 11.5. The van der Waals surface area contributed by atoms with Crippen molar-refractivity contribution in [2.24, 2.45) is 11.7 Å². The van der Waals surface area contributed by atoms with Crippen LogP contribution in [0.5, 0.6) is 11.5 Å². The van der Waals surface area contributed by atoms with Crippen LogP contribution in [-0.2, 0) is 0 Å². The van der Waals surface area contributed by atoms with Crippen molar-refractivity contribution in [2.75, 3.05) is 7.11 Å². The number of benzene rings is 1. The summed E-state index contributed by atoms with van der Waals surface area (Å²) in [6.45, 7) is 1.91. The van der Waals surface area contributed by atoms with Crippen LogP contribution in [0.15, 0.2) is 18.2 Å². The van der Waals surface area contributed by atoms with Crippen molar-refractivity contribution in [2.45, 2.75) is 25.8 Å². The van der Waals surface area contributed by atoms with Crippen molar-refractivity contribution in [3.05, 3.63) is 29.3 Å². The largest absolute Gasteiger partial charge is 0.504 e. The van der Waals surface area contributed by atoms with Crippen molar-refractivity contribution in [3.63, 3.8) is 0 Å².